The summed E-state index contributed by atoms with van der Waals surface area (Å²) in [6, 6.07) is 33.1. The predicted octanol–water partition coefficient (Wildman–Crippen LogP) is 6.47. The van der Waals surface area contributed by atoms with E-state index in [-0.39, 0.29) is 0 Å². The van der Waals surface area contributed by atoms with Gasteiger partial charge in [-0.15, -0.1) is 0 Å². The third-order valence-corrected chi connectivity index (χ3v) is 11.2. The first-order valence-corrected chi connectivity index (χ1v) is 13.4. The molecule has 5 aromatic carbocycles. The molecule has 2 aliphatic rings. The zero-order valence-electron chi connectivity index (χ0n) is 17.0. The van der Waals surface area contributed by atoms with E-state index in [9.17, 15) is 0 Å². The summed E-state index contributed by atoms with van der Waals surface area (Å²) in [5.74, 6) is 3.34. The number of ether oxygens (including phenoxy) is 2. The fourth-order valence-corrected chi connectivity index (χ4v) is 9.30. The van der Waals surface area contributed by atoms with Gasteiger partial charge in [-0.1, -0.05) is 84.6 Å². The maximum absolute atomic E-state index is 6.66. The van der Waals surface area contributed by atoms with Crippen molar-refractivity contribution >= 4 is 44.5 Å². The molecule has 32 heavy (non-hydrogen) atoms. The molecule has 0 amide bonds. The molecule has 2 heterocycles. The van der Waals surface area contributed by atoms with Crippen molar-refractivity contribution in [3.8, 4) is 34.1 Å². The van der Waals surface area contributed by atoms with E-state index in [1.54, 1.807) is 0 Å². The van der Waals surface area contributed by atoms with Crippen molar-refractivity contribution in [1.29, 1.82) is 0 Å². The first-order valence-electron chi connectivity index (χ1n) is 10.6. The molecule has 4 heteroatoms. The SMILES string of the molecule is S=P12c3ccccc3Oc3cc(-c4ccccc4)cc(c31)Oc1c2ccc2ccccc12. The van der Waals surface area contributed by atoms with Crippen LogP contribution in [0.5, 0.6) is 23.0 Å². The average molecular weight is 448 g/mol. The minimum absolute atomic E-state index is 0.808. The molecular weight excluding hydrogens is 431 g/mol. The van der Waals surface area contributed by atoms with Gasteiger partial charge in [0.05, 0.1) is 11.3 Å². The van der Waals surface area contributed by atoms with Crippen LogP contribution in [0.15, 0.2) is 103 Å². The number of para-hydroxylation sites is 1. The standard InChI is InChI=1S/C28H17O2PS/c32-31-25-13-7-6-12-22(25)29-23-16-20(18-8-2-1-3-9-18)17-24(28(23)31)30-27-21-11-5-4-10-19(21)14-15-26(27)31/h1-17H. The number of hydrogen-bond acceptors (Lipinski definition) is 3. The molecule has 5 aromatic rings. The molecule has 1 atom stereocenters. The highest BCUT2D eigenvalue weighted by Crippen LogP contribution is 2.60. The maximum Gasteiger partial charge on any atom is 0.144 e. The summed E-state index contributed by atoms with van der Waals surface area (Å²) in [6.07, 6.45) is 0. The highest BCUT2D eigenvalue weighted by atomic mass is 32.4. The molecule has 7 rings (SSSR count). The minimum atomic E-state index is -2.35. The molecule has 0 aromatic heterocycles. The van der Waals surface area contributed by atoms with Crippen molar-refractivity contribution in [3.63, 3.8) is 0 Å². The lowest BCUT2D eigenvalue weighted by atomic mass is 10.0. The van der Waals surface area contributed by atoms with Gasteiger partial charge in [0.1, 0.15) is 23.0 Å². The van der Waals surface area contributed by atoms with Gasteiger partial charge in [-0.05, 0) is 46.8 Å². The van der Waals surface area contributed by atoms with Gasteiger partial charge in [-0.25, -0.2) is 0 Å². The lowest BCUT2D eigenvalue weighted by Gasteiger charge is -2.38. The van der Waals surface area contributed by atoms with Gasteiger partial charge >= 0.3 is 0 Å². The smallest absolute Gasteiger partial charge is 0.144 e. The fraction of sp³-hybridized carbons (Fsp3) is 0. The number of fused-ring (bicyclic) bond motifs is 6. The van der Waals surface area contributed by atoms with Crippen LogP contribution in [0.1, 0.15) is 0 Å². The zero-order chi connectivity index (χ0) is 21.3. The summed E-state index contributed by atoms with van der Waals surface area (Å²) in [6.45, 7) is 0. The molecule has 2 nitrogen and oxygen atoms in total. The summed E-state index contributed by atoms with van der Waals surface area (Å²) in [5, 5.41) is 5.46. The zero-order valence-corrected chi connectivity index (χ0v) is 18.7. The monoisotopic (exact) mass is 448 g/mol. The average Bonchev–Trinajstić information content (AvgIpc) is 2.84. The Kier molecular flexibility index (Phi) is 3.73. The lowest BCUT2D eigenvalue weighted by Crippen LogP contribution is -2.35. The van der Waals surface area contributed by atoms with Gasteiger partial charge < -0.3 is 9.47 Å². The first-order chi connectivity index (χ1) is 15.7. The molecule has 0 spiro atoms. The van der Waals surface area contributed by atoms with Gasteiger partial charge in [0.15, 0.2) is 0 Å². The second-order valence-corrected chi connectivity index (χ2v) is 12.4. The Hall–Kier alpha value is -3.39. The van der Waals surface area contributed by atoms with E-state index in [1.165, 1.54) is 0 Å². The van der Waals surface area contributed by atoms with E-state index in [0.717, 1.165) is 60.8 Å². The maximum atomic E-state index is 6.66. The van der Waals surface area contributed by atoms with Crippen LogP contribution in [-0.4, -0.2) is 0 Å². The Balaban J connectivity index is 1.60. The Morgan fingerprint density at radius 1 is 0.562 bits per heavy atom. The van der Waals surface area contributed by atoms with Crippen LogP contribution in [-0.2, 0) is 11.8 Å². The lowest BCUT2D eigenvalue weighted by molar-refractivity contribution is 0.469. The molecule has 0 N–H and O–H groups in total. The second kappa shape index (κ2) is 6.56. The van der Waals surface area contributed by atoms with E-state index < -0.39 is 6.04 Å². The molecule has 0 aliphatic carbocycles. The Labute approximate surface area is 191 Å². The van der Waals surface area contributed by atoms with E-state index in [0.29, 0.717) is 0 Å². The van der Waals surface area contributed by atoms with Crippen LogP contribution in [0.25, 0.3) is 21.9 Å². The van der Waals surface area contributed by atoms with Crippen LogP contribution in [0.2, 0.25) is 0 Å². The Morgan fingerprint density at radius 3 is 2.16 bits per heavy atom. The van der Waals surface area contributed by atoms with Crippen molar-refractivity contribution < 1.29 is 9.47 Å². The van der Waals surface area contributed by atoms with E-state index in [4.69, 9.17) is 21.3 Å². The van der Waals surface area contributed by atoms with E-state index in [1.807, 2.05) is 30.3 Å². The topological polar surface area (TPSA) is 18.5 Å². The quantitative estimate of drug-likeness (QED) is 0.268. The summed E-state index contributed by atoms with van der Waals surface area (Å²) < 4.78 is 13.1. The largest absolute Gasteiger partial charge is 0.456 e. The second-order valence-electron chi connectivity index (χ2n) is 8.10. The van der Waals surface area contributed by atoms with Crippen LogP contribution >= 0.6 is 6.04 Å². The molecule has 152 valence electrons. The first kappa shape index (κ1) is 18.2. The van der Waals surface area contributed by atoms with Crippen molar-refractivity contribution in [2.24, 2.45) is 0 Å². The van der Waals surface area contributed by atoms with Crippen molar-refractivity contribution in [1.82, 2.24) is 0 Å². The molecular formula is C28H17O2PS. The van der Waals surface area contributed by atoms with Crippen molar-refractivity contribution in [2.45, 2.75) is 0 Å². The Morgan fingerprint density at radius 2 is 1.28 bits per heavy atom. The third kappa shape index (κ3) is 2.38. The summed E-state index contributed by atoms with van der Waals surface area (Å²) >= 11 is 6.63. The van der Waals surface area contributed by atoms with Gasteiger partial charge in [0.2, 0.25) is 0 Å². The molecule has 1 unspecified atom stereocenters. The molecule has 2 aliphatic heterocycles. The third-order valence-electron chi connectivity index (χ3n) is 6.30. The number of rotatable bonds is 1. The minimum Gasteiger partial charge on any atom is -0.456 e. The normalized spacial score (nSPS) is 17.5. The Bertz CT molecular complexity index is 1610. The molecule has 0 saturated heterocycles. The fourth-order valence-electron chi connectivity index (χ4n) is 4.83. The van der Waals surface area contributed by atoms with Crippen molar-refractivity contribution in [2.75, 3.05) is 0 Å². The predicted molar refractivity (Wildman–Crippen MR) is 136 cm³/mol. The van der Waals surface area contributed by atoms with E-state index in [2.05, 4.69) is 72.8 Å². The van der Waals surface area contributed by atoms with Gasteiger partial charge in [0, 0.05) is 16.0 Å². The number of hydrogen-bond donors (Lipinski definition) is 0. The molecule has 0 fully saturated rings. The van der Waals surface area contributed by atoms with E-state index >= 15 is 0 Å². The molecule has 0 bridgehead atoms. The highest BCUT2D eigenvalue weighted by Gasteiger charge is 2.43. The van der Waals surface area contributed by atoms with Crippen LogP contribution in [0.4, 0.5) is 0 Å². The van der Waals surface area contributed by atoms with Crippen molar-refractivity contribution in [3.05, 3.63) is 103 Å². The summed E-state index contributed by atoms with van der Waals surface area (Å²) in [5.41, 5.74) is 2.18. The van der Waals surface area contributed by atoms with Gasteiger partial charge in [-0.3, -0.25) is 0 Å². The summed E-state index contributed by atoms with van der Waals surface area (Å²) in [7, 11) is 0. The number of benzene rings is 5. The molecule has 0 saturated carbocycles. The highest BCUT2D eigenvalue weighted by molar-refractivity contribution is 8.26. The van der Waals surface area contributed by atoms with Gasteiger partial charge in [-0.2, -0.15) is 0 Å². The molecule has 0 radical (unpaired) electrons. The summed E-state index contributed by atoms with van der Waals surface area (Å²) in [4.78, 5) is 0. The van der Waals surface area contributed by atoms with Crippen LogP contribution in [0.3, 0.4) is 0 Å². The van der Waals surface area contributed by atoms with Crippen LogP contribution in [0, 0.1) is 0 Å². The van der Waals surface area contributed by atoms with Crippen LogP contribution < -0.4 is 25.4 Å². The van der Waals surface area contributed by atoms with Gasteiger partial charge in [0.25, 0.3) is 0 Å².